The quantitative estimate of drug-likeness (QED) is 0.856. The maximum atomic E-state index is 13.4. The van der Waals surface area contributed by atoms with Crippen LogP contribution >= 0.6 is 0 Å². The number of rotatable bonds is 5. The third-order valence-corrected chi connectivity index (χ3v) is 5.87. The average Bonchev–Trinajstić information content (AvgIpc) is 3.31. The second-order valence-corrected chi connectivity index (χ2v) is 7.68. The van der Waals surface area contributed by atoms with Crippen molar-refractivity contribution in [2.24, 2.45) is 0 Å². The molecule has 0 aliphatic carbocycles. The van der Waals surface area contributed by atoms with E-state index in [1.165, 1.54) is 6.07 Å². The molecule has 2 saturated heterocycles. The average molecular weight is 383 g/mol. The fourth-order valence-electron chi connectivity index (χ4n) is 4.55. The van der Waals surface area contributed by atoms with E-state index in [-0.39, 0.29) is 23.8 Å². The lowest BCUT2D eigenvalue weighted by atomic mass is 9.85. The van der Waals surface area contributed by atoms with Gasteiger partial charge < -0.3 is 14.3 Å². The van der Waals surface area contributed by atoms with Gasteiger partial charge in [0.25, 0.3) is 5.56 Å². The van der Waals surface area contributed by atoms with Gasteiger partial charge in [-0.25, -0.2) is 0 Å². The molecule has 3 heterocycles. The molecule has 2 aromatic rings. The smallest absolute Gasteiger partial charge is 0.280 e. The number of benzene rings is 1. The van der Waals surface area contributed by atoms with Crippen molar-refractivity contribution in [1.82, 2.24) is 15.0 Å². The standard InChI is InChI=1S/C21H25N3O4/c25-18-14-17(28-22-18)8-9-19(26)24-13-5-11-21(24)10-4-12-23(20(21)27)15-16-6-2-1-3-7-16/h1-3,6-7,14H,4-5,8-13,15H2,(H,22,25). The molecule has 1 aromatic heterocycles. The fraction of sp³-hybridized carbons (Fsp3) is 0.476. The van der Waals surface area contributed by atoms with Gasteiger partial charge in [0.1, 0.15) is 11.3 Å². The van der Waals surface area contributed by atoms with Crippen molar-refractivity contribution in [2.75, 3.05) is 13.1 Å². The van der Waals surface area contributed by atoms with Gasteiger partial charge in [0, 0.05) is 38.5 Å². The summed E-state index contributed by atoms with van der Waals surface area (Å²) in [6.07, 6.45) is 3.77. The van der Waals surface area contributed by atoms with Gasteiger partial charge in [-0.1, -0.05) is 30.3 Å². The SMILES string of the molecule is O=C(CCc1cc(=O)[nH]o1)N1CCCC12CCCN(Cc1ccccc1)C2=O. The molecule has 2 amide bonds. The van der Waals surface area contributed by atoms with Crippen LogP contribution in [0.25, 0.3) is 0 Å². The number of hydrogen-bond donors (Lipinski definition) is 1. The molecule has 2 aliphatic rings. The minimum atomic E-state index is -0.705. The Labute approximate surface area is 163 Å². The van der Waals surface area contributed by atoms with Crippen LogP contribution in [-0.4, -0.2) is 45.4 Å². The number of hydrogen-bond acceptors (Lipinski definition) is 4. The zero-order valence-corrected chi connectivity index (χ0v) is 15.9. The number of aromatic amines is 1. The van der Waals surface area contributed by atoms with Crippen LogP contribution in [0, 0.1) is 0 Å². The van der Waals surface area contributed by atoms with Gasteiger partial charge in [0.2, 0.25) is 11.8 Å². The first-order valence-electron chi connectivity index (χ1n) is 9.90. The first-order chi connectivity index (χ1) is 13.6. The Kier molecular flexibility index (Phi) is 5.07. The lowest BCUT2D eigenvalue weighted by Crippen LogP contribution is -2.61. The van der Waals surface area contributed by atoms with Crippen molar-refractivity contribution in [3.8, 4) is 0 Å². The molecule has 4 rings (SSSR count). The van der Waals surface area contributed by atoms with Crippen LogP contribution < -0.4 is 5.56 Å². The normalized spacial score (nSPS) is 22.2. The number of nitrogens with one attached hydrogen (secondary N) is 1. The van der Waals surface area contributed by atoms with Crippen LogP contribution in [0.15, 0.2) is 45.7 Å². The van der Waals surface area contributed by atoms with Gasteiger partial charge >= 0.3 is 0 Å². The highest BCUT2D eigenvalue weighted by Crippen LogP contribution is 2.39. The van der Waals surface area contributed by atoms with Crippen molar-refractivity contribution in [2.45, 2.75) is 50.6 Å². The van der Waals surface area contributed by atoms with E-state index in [1.807, 2.05) is 35.2 Å². The second-order valence-electron chi connectivity index (χ2n) is 7.68. The van der Waals surface area contributed by atoms with E-state index in [4.69, 9.17) is 4.52 Å². The van der Waals surface area contributed by atoms with E-state index in [9.17, 15) is 14.4 Å². The molecule has 0 saturated carbocycles. The van der Waals surface area contributed by atoms with Crippen LogP contribution in [0.3, 0.4) is 0 Å². The first-order valence-corrected chi connectivity index (χ1v) is 9.90. The Morgan fingerprint density at radius 3 is 2.57 bits per heavy atom. The summed E-state index contributed by atoms with van der Waals surface area (Å²) < 4.78 is 5.04. The minimum Gasteiger partial charge on any atom is -0.384 e. The molecule has 1 N–H and O–H groups in total. The molecule has 1 unspecified atom stereocenters. The third kappa shape index (κ3) is 3.48. The molecule has 148 valence electrons. The summed E-state index contributed by atoms with van der Waals surface area (Å²) in [6, 6.07) is 11.3. The van der Waals surface area contributed by atoms with Gasteiger partial charge in [0.15, 0.2) is 0 Å². The van der Waals surface area contributed by atoms with Crippen LogP contribution in [-0.2, 0) is 22.6 Å². The topological polar surface area (TPSA) is 86.6 Å². The molecule has 7 heteroatoms. The Morgan fingerprint density at radius 1 is 1.11 bits per heavy atom. The molecular weight excluding hydrogens is 358 g/mol. The third-order valence-electron chi connectivity index (χ3n) is 5.87. The molecule has 2 aliphatic heterocycles. The summed E-state index contributed by atoms with van der Waals surface area (Å²) >= 11 is 0. The molecule has 0 radical (unpaired) electrons. The highest BCUT2D eigenvalue weighted by molar-refractivity contribution is 5.92. The fourth-order valence-corrected chi connectivity index (χ4v) is 4.55. The summed E-state index contributed by atoms with van der Waals surface area (Å²) in [5, 5.41) is 2.24. The van der Waals surface area contributed by atoms with Crippen LogP contribution in [0.2, 0.25) is 0 Å². The number of carbonyl (C=O) groups excluding carboxylic acids is 2. The Balaban J connectivity index is 1.47. The molecule has 7 nitrogen and oxygen atoms in total. The maximum absolute atomic E-state index is 13.4. The van der Waals surface area contributed by atoms with E-state index in [0.717, 1.165) is 37.8 Å². The monoisotopic (exact) mass is 383 g/mol. The molecule has 1 aromatic carbocycles. The zero-order chi connectivity index (χ0) is 19.6. The summed E-state index contributed by atoms with van der Waals surface area (Å²) in [4.78, 5) is 41.2. The van der Waals surface area contributed by atoms with Crippen molar-refractivity contribution in [3.05, 3.63) is 58.1 Å². The van der Waals surface area contributed by atoms with E-state index in [1.54, 1.807) is 4.90 Å². The molecule has 1 spiro atoms. The highest BCUT2D eigenvalue weighted by atomic mass is 16.5. The zero-order valence-electron chi connectivity index (χ0n) is 15.9. The van der Waals surface area contributed by atoms with Crippen molar-refractivity contribution in [3.63, 3.8) is 0 Å². The predicted molar refractivity (Wildman–Crippen MR) is 102 cm³/mol. The molecule has 1 atom stereocenters. The number of H-pyrrole nitrogens is 1. The van der Waals surface area contributed by atoms with Crippen LogP contribution in [0.5, 0.6) is 0 Å². The second kappa shape index (κ2) is 7.66. The minimum absolute atomic E-state index is 0.0451. The van der Waals surface area contributed by atoms with Gasteiger partial charge in [-0.15, -0.1) is 0 Å². The molecular formula is C21H25N3O4. The van der Waals surface area contributed by atoms with E-state index in [2.05, 4.69) is 5.16 Å². The molecule has 2 fully saturated rings. The summed E-state index contributed by atoms with van der Waals surface area (Å²) in [5.74, 6) is 0.491. The number of piperidine rings is 1. The van der Waals surface area contributed by atoms with Crippen molar-refractivity contribution < 1.29 is 14.1 Å². The molecule has 28 heavy (non-hydrogen) atoms. The Bertz CT molecular complexity index is 904. The number of aryl methyl sites for hydroxylation is 1. The summed E-state index contributed by atoms with van der Waals surface area (Å²) in [5.41, 5.74) is 0.0914. The van der Waals surface area contributed by atoms with E-state index < -0.39 is 5.54 Å². The number of aromatic nitrogens is 1. The van der Waals surface area contributed by atoms with Gasteiger partial charge in [-0.3, -0.25) is 14.4 Å². The Hall–Kier alpha value is -2.83. The van der Waals surface area contributed by atoms with Crippen LogP contribution in [0.1, 0.15) is 43.4 Å². The lowest BCUT2D eigenvalue weighted by molar-refractivity contribution is -0.155. The van der Waals surface area contributed by atoms with Crippen molar-refractivity contribution >= 4 is 11.8 Å². The predicted octanol–water partition coefficient (Wildman–Crippen LogP) is 2.08. The maximum Gasteiger partial charge on any atom is 0.280 e. The highest BCUT2D eigenvalue weighted by Gasteiger charge is 2.52. The summed E-state index contributed by atoms with van der Waals surface area (Å²) in [6.45, 7) is 1.92. The van der Waals surface area contributed by atoms with Crippen molar-refractivity contribution in [1.29, 1.82) is 0 Å². The number of nitrogens with zero attached hydrogens (tertiary/aromatic N) is 2. The van der Waals surface area contributed by atoms with E-state index in [0.29, 0.717) is 25.3 Å². The number of likely N-dealkylation sites (tertiary alicyclic amines) is 2. The van der Waals surface area contributed by atoms with Gasteiger partial charge in [-0.05, 0) is 31.2 Å². The Morgan fingerprint density at radius 2 is 1.86 bits per heavy atom. The largest absolute Gasteiger partial charge is 0.384 e. The van der Waals surface area contributed by atoms with Crippen LogP contribution in [0.4, 0.5) is 0 Å². The van der Waals surface area contributed by atoms with E-state index >= 15 is 0 Å². The molecule has 0 bridgehead atoms. The van der Waals surface area contributed by atoms with Gasteiger partial charge in [-0.2, -0.15) is 5.16 Å². The number of amides is 2. The summed E-state index contributed by atoms with van der Waals surface area (Å²) in [7, 11) is 0. The van der Waals surface area contributed by atoms with Gasteiger partial charge in [0.05, 0.1) is 0 Å². The number of carbonyl (C=O) groups is 2. The first kappa shape index (κ1) is 18.5. The lowest BCUT2D eigenvalue weighted by Gasteiger charge is -2.44.